The van der Waals surface area contributed by atoms with Gasteiger partial charge < -0.3 is 19.7 Å². The topological polar surface area (TPSA) is 71.1 Å². The molecule has 1 N–H and O–H groups in total. The Hall–Kier alpha value is -3.32. The summed E-state index contributed by atoms with van der Waals surface area (Å²) in [6.07, 6.45) is 1.49. The van der Waals surface area contributed by atoms with Crippen molar-refractivity contribution in [2.75, 3.05) is 51.2 Å². The molecule has 1 aliphatic rings. The second kappa shape index (κ2) is 10.8. The molecule has 2 aromatic rings. The van der Waals surface area contributed by atoms with Crippen LogP contribution in [0.5, 0.6) is 5.75 Å². The molecule has 2 amide bonds. The number of rotatable bonds is 11. The second-order valence-corrected chi connectivity index (χ2v) is 7.80. The molecule has 0 unspecified atom stereocenters. The molecule has 0 fully saturated rings. The molecule has 7 nitrogen and oxygen atoms in total. The van der Waals surface area contributed by atoms with Crippen LogP contribution in [0.4, 0.5) is 11.4 Å². The number of hydrogen-bond donors (Lipinski definition) is 1. The molecule has 170 valence electrons. The monoisotopic (exact) mass is 437 g/mol. The Balaban J connectivity index is 1.92. The van der Waals surface area contributed by atoms with Gasteiger partial charge in [0.2, 0.25) is 0 Å². The molecule has 0 saturated carbocycles. The first-order valence-electron chi connectivity index (χ1n) is 10.8. The lowest BCUT2D eigenvalue weighted by Gasteiger charge is -2.15. The summed E-state index contributed by atoms with van der Waals surface area (Å²) in [5.74, 6) is 0.101. The molecule has 2 aromatic carbocycles. The maximum atomic E-state index is 13.2. The van der Waals surface area contributed by atoms with Crippen molar-refractivity contribution in [2.24, 2.45) is 0 Å². The molecule has 0 aliphatic carbocycles. The van der Waals surface area contributed by atoms with Crippen LogP contribution in [0.15, 0.2) is 54.2 Å². The van der Waals surface area contributed by atoms with Crippen molar-refractivity contribution in [1.82, 2.24) is 4.90 Å². The van der Waals surface area contributed by atoms with E-state index >= 15 is 0 Å². The van der Waals surface area contributed by atoms with Gasteiger partial charge in [-0.1, -0.05) is 19.1 Å². The largest absolute Gasteiger partial charge is 0.494 e. The number of imide groups is 1. The van der Waals surface area contributed by atoms with E-state index in [1.54, 1.807) is 7.11 Å². The molecule has 7 heteroatoms. The molecule has 0 radical (unpaired) electrons. The van der Waals surface area contributed by atoms with Crippen molar-refractivity contribution in [2.45, 2.75) is 19.8 Å². The van der Waals surface area contributed by atoms with Gasteiger partial charge in [-0.05, 0) is 54.8 Å². The molecule has 1 heterocycles. The Labute approximate surface area is 189 Å². The number of carbonyl (C=O) groups excluding carboxylic acids is 2. The van der Waals surface area contributed by atoms with Crippen LogP contribution in [0.1, 0.15) is 25.3 Å². The standard InChI is InChI=1S/C25H31N3O4/c1-5-16-32-21-13-7-18(8-14-21)22-23(25(30)28(24(22)29)15-6-17-31-4)26-19-9-11-20(12-10-19)27(2)3/h7-14,26H,5-6,15-17H2,1-4H3. The number of ether oxygens (including phenoxy) is 2. The summed E-state index contributed by atoms with van der Waals surface area (Å²) in [6, 6.07) is 15.0. The van der Waals surface area contributed by atoms with Gasteiger partial charge in [0.05, 0.1) is 12.2 Å². The van der Waals surface area contributed by atoms with Crippen molar-refractivity contribution in [3.63, 3.8) is 0 Å². The summed E-state index contributed by atoms with van der Waals surface area (Å²) in [5.41, 5.74) is 3.11. The molecule has 32 heavy (non-hydrogen) atoms. The van der Waals surface area contributed by atoms with Crippen LogP contribution in [-0.2, 0) is 14.3 Å². The van der Waals surface area contributed by atoms with E-state index in [2.05, 4.69) is 5.32 Å². The van der Waals surface area contributed by atoms with Crippen LogP contribution >= 0.6 is 0 Å². The predicted octanol–water partition coefficient (Wildman–Crippen LogP) is 3.77. The third-order valence-corrected chi connectivity index (χ3v) is 5.17. The minimum atomic E-state index is -0.330. The third kappa shape index (κ3) is 5.29. The van der Waals surface area contributed by atoms with E-state index in [1.807, 2.05) is 74.4 Å². The average molecular weight is 438 g/mol. The molecule has 3 rings (SSSR count). The first-order valence-corrected chi connectivity index (χ1v) is 10.8. The van der Waals surface area contributed by atoms with Gasteiger partial charge in [0.25, 0.3) is 11.8 Å². The third-order valence-electron chi connectivity index (χ3n) is 5.17. The smallest absolute Gasteiger partial charge is 0.278 e. The molecular formula is C25H31N3O4. The fraction of sp³-hybridized carbons (Fsp3) is 0.360. The quantitative estimate of drug-likeness (QED) is 0.426. The Morgan fingerprint density at radius 1 is 0.938 bits per heavy atom. The number of benzene rings is 2. The SMILES string of the molecule is CCCOc1ccc(C2=C(Nc3ccc(N(C)C)cc3)C(=O)N(CCCOC)C2=O)cc1. The molecule has 0 bridgehead atoms. The highest BCUT2D eigenvalue weighted by molar-refractivity contribution is 6.36. The van der Waals surface area contributed by atoms with E-state index in [9.17, 15) is 9.59 Å². The highest BCUT2D eigenvalue weighted by Gasteiger charge is 2.38. The van der Waals surface area contributed by atoms with Crippen LogP contribution in [0.2, 0.25) is 0 Å². The van der Waals surface area contributed by atoms with Crippen molar-refractivity contribution in [3.05, 3.63) is 59.8 Å². The second-order valence-electron chi connectivity index (χ2n) is 7.80. The van der Waals surface area contributed by atoms with E-state index in [1.165, 1.54) is 4.90 Å². The Morgan fingerprint density at radius 3 is 2.22 bits per heavy atom. The normalized spacial score (nSPS) is 13.7. The summed E-state index contributed by atoms with van der Waals surface area (Å²) in [4.78, 5) is 29.7. The van der Waals surface area contributed by atoms with Gasteiger partial charge in [-0.25, -0.2) is 0 Å². The summed E-state index contributed by atoms with van der Waals surface area (Å²) >= 11 is 0. The zero-order chi connectivity index (χ0) is 23.1. The van der Waals surface area contributed by atoms with Gasteiger partial charge >= 0.3 is 0 Å². The summed E-state index contributed by atoms with van der Waals surface area (Å²) in [5, 5.41) is 3.19. The Morgan fingerprint density at radius 2 is 1.62 bits per heavy atom. The van der Waals surface area contributed by atoms with Crippen molar-refractivity contribution in [1.29, 1.82) is 0 Å². The molecular weight excluding hydrogens is 406 g/mol. The van der Waals surface area contributed by atoms with E-state index in [4.69, 9.17) is 9.47 Å². The number of amides is 2. The first-order chi connectivity index (χ1) is 15.5. The molecule has 0 spiro atoms. The lowest BCUT2D eigenvalue weighted by Crippen LogP contribution is -2.33. The number of carbonyl (C=O) groups is 2. The number of anilines is 2. The van der Waals surface area contributed by atoms with Crippen molar-refractivity contribution < 1.29 is 19.1 Å². The minimum Gasteiger partial charge on any atom is -0.494 e. The fourth-order valence-corrected chi connectivity index (χ4v) is 3.45. The van der Waals surface area contributed by atoms with Crippen LogP contribution in [0.3, 0.4) is 0 Å². The maximum absolute atomic E-state index is 13.2. The van der Waals surface area contributed by atoms with E-state index in [0.29, 0.717) is 37.3 Å². The lowest BCUT2D eigenvalue weighted by atomic mass is 10.0. The highest BCUT2D eigenvalue weighted by atomic mass is 16.5. The van der Waals surface area contributed by atoms with E-state index in [-0.39, 0.29) is 17.5 Å². The van der Waals surface area contributed by atoms with Gasteiger partial charge in [-0.15, -0.1) is 0 Å². The predicted molar refractivity (Wildman–Crippen MR) is 127 cm³/mol. The Bertz CT molecular complexity index is 966. The van der Waals surface area contributed by atoms with Crippen LogP contribution in [-0.4, -0.2) is 57.7 Å². The van der Waals surface area contributed by atoms with E-state index in [0.717, 1.165) is 23.5 Å². The average Bonchev–Trinajstić information content (AvgIpc) is 3.02. The summed E-state index contributed by atoms with van der Waals surface area (Å²) < 4.78 is 10.7. The van der Waals surface area contributed by atoms with Gasteiger partial charge in [0.15, 0.2) is 0 Å². The molecule has 0 aromatic heterocycles. The van der Waals surface area contributed by atoms with Gasteiger partial charge in [-0.3, -0.25) is 14.5 Å². The zero-order valence-electron chi connectivity index (χ0n) is 19.2. The Kier molecular flexibility index (Phi) is 7.89. The number of hydrogen-bond acceptors (Lipinski definition) is 6. The summed E-state index contributed by atoms with van der Waals surface area (Å²) in [6.45, 7) is 3.45. The van der Waals surface area contributed by atoms with Gasteiger partial charge in [-0.2, -0.15) is 0 Å². The fourth-order valence-electron chi connectivity index (χ4n) is 3.45. The highest BCUT2D eigenvalue weighted by Crippen LogP contribution is 2.32. The summed E-state index contributed by atoms with van der Waals surface area (Å²) in [7, 11) is 5.53. The lowest BCUT2D eigenvalue weighted by molar-refractivity contribution is -0.136. The van der Waals surface area contributed by atoms with Gasteiger partial charge in [0.1, 0.15) is 11.4 Å². The number of nitrogens with zero attached hydrogens (tertiary/aromatic N) is 2. The first kappa shape index (κ1) is 23.3. The molecule has 0 atom stereocenters. The van der Waals surface area contributed by atoms with Crippen LogP contribution in [0.25, 0.3) is 5.57 Å². The minimum absolute atomic E-state index is 0.284. The number of methoxy groups -OCH3 is 1. The van der Waals surface area contributed by atoms with Crippen LogP contribution in [0, 0.1) is 0 Å². The zero-order valence-corrected chi connectivity index (χ0v) is 19.2. The van der Waals surface area contributed by atoms with E-state index < -0.39 is 0 Å². The maximum Gasteiger partial charge on any atom is 0.278 e. The van der Waals surface area contributed by atoms with Crippen molar-refractivity contribution >= 4 is 28.8 Å². The van der Waals surface area contributed by atoms with Crippen LogP contribution < -0.4 is 15.0 Å². The molecule has 1 aliphatic heterocycles. The number of nitrogens with one attached hydrogen (secondary N) is 1. The van der Waals surface area contributed by atoms with Gasteiger partial charge in [0, 0.05) is 45.7 Å². The molecule has 0 saturated heterocycles. The van der Waals surface area contributed by atoms with Crippen molar-refractivity contribution in [3.8, 4) is 5.75 Å².